The number of para-hydroxylation sites is 1. The van der Waals surface area contributed by atoms with E-state index >= 15 is 0 Å². The first-order valence-corrected chi connectivity index (χ1v) is 11.7. The summed E-state index contributed by atoms with van der Waals surface area (Å²) in [5.74, 6) is 1.68. The van der Waals surface area contributed by atoms with Gasteiger partial charge in [0.05, 0.1) is 0 Å². The fraction of sp³-hybridized carbons (Fsp3) is 0.500. The van der Waals surface area contributed by atoms with Crippen LogP contribution in [0, 0.1) is 17.8 Å². The zero-order valence-corrected chi connectivity index (χ0v) is 18.0. The predicted octanol–water partition coefficient (Wildman–Crippen LogP) is 3.19. The molecule has 5 heteroatoms. The van der Waals surface area contributed by atoms with Gasteiger partial charge in [-0.15, -0.1) is 0 Å². The number of hydrogen-bond donors (Lipinski definition) is 2. The third-order valence-corrected chi connectivity index (χ3v) is 7.49. The van der Waals surface area contributed by atoms with Gasteiger partial charge in [0.25, 0.3) is 5.91 Å². The number of amides is 1. The highest BCUT2D eigenvalue weighted by atomic mass is 16.5. The van der Waals surface area contributed by atoms with Crippen LogP contribution >= 0.6 is 0 Å². The Morgan fingerprint density at radius 2 is 1.61 bits per heavy atom. The summed E-state index contributed by atoms with van der Waals surface area (Å²) in [6, 6.07) is 19.6. The molecular weight excluding hydrogens is 388 g/mol. The van der Waals surface area contributed by atoms with E-state index in [0.29, 0.717) is 18.4 Å². The quantitative estimate of drug-likeness (QED) is 0.689. The van der Waals surface area contributed by atoms with Crippen molar-refractivity contribution in [1.82, 2.24) is 10.2 Å². The monoisotopic (exact) mass is 420 g/mol. The number of carbonyl (C=O) groups is 1. The Hall–Kier alpha value is -2.37. The number of benzene rings is 2. The van der Waals surface area contributed by atoms with Gasteiger partial charge in [0.2, 0.25) is 0 Å². The molecule has 2 N–H and O–H groups in total. The van der Waals surface area contributed by atoms with Gasteiger partial charge >= 0.3 is 0 Å². The summed E-state index contributed by atoms with van der Waals surface area (Å²) in [6.07, 6.45) is 3.99. The first-order chi connectivity index (χ1) is 15.2. The van der Waals surface area contributed by atoms with Crippen molar-refractivity contribution < 1.29 is 14.6 Å². The van der Waals surface area contributed by atoms with Crippen LogP contribution in [0.2, 0.25) is 0 Å². The van der Waals surface area contributed by atoms with E-state index in [9.17, 15) is 9.90 Å². The van der Waals surface area contributed by atoms with Crippen molar-refractivity contribution in [2.75, 3.05) is 26.2 Å². The molecule has 2 aliphatic carbocycles. The molecule has 1 heterocycles. The fourth-order valence-corrected chi connectivity index (χ4v) is 5.67. The van der Waals surface area contributed by atoms with Crippen molar-refractivity contribution in [1.29, 1.82) is 0 Å². The molecule has 0 bridgehead atoms. The minimum atomic E-state index is -1.42. The smallest absolute Gasteiger partial charge is 0.257 e. The molecule has 0 aromatic heterocycles. The van der Waals surface area contributed by atoms with Crippen LogP contribution in [0.3, 0.4) is 0 Å². The fourth-order valence-electron chi connectivity index (χ4n) is 5.67. The van der Waals surface area contributed by atoms with E-state index in [1.165, 1.54) is 0 Å². The van der Waals surface area contributed by atoms with Gasteiger partial charge in [0.15, 0.2) is 5.60 Å². The standard InChI is InChI=1S/C26H32N2O3/c29-25(26(30,20-11-7-8-12-20)19-9-3-1-4-10-19)27-24-22-17-28(18-23(22)24)15-16-31-21-13-5-2-6-14-21/h1-6,9-10,13-14,20,22-24,30H,7-8,11-12,15-18H2,(H,27,29)/t22-,23?,24?,26?/m0/s1. The molecule has 2 aromatic carbocycles. The van der Waals surface area contributed by atoms with E-state index in [1.807, 2.05) is 60.7 Å². The van der Waals surface area contributed by atoms with Crippen molar-refractivity contribution in [3.63, 3.8) is 0 Å². The van der Waals surface area contributed by atoms with Gasteiger partial charge in [-0.3, -0.25) is 9.69 Å². The first kappa shape index (κ1) is 20.5. The third-order valence-electron chi connectivity index (χ3n) is 7.49. The zero-order chi connectivity index (χ0) is 21.3. The van der Waals surface area contributed by atoms with Crippen LogP contribution in [0.15, 0.2) is 60.7 Å². The lowest BCUT2D eigenvalue weighted by molar-refractivity contribution is -0.147. The molecule has 3 fully saturated rings. The zero-order valence-electron chi connectivity index (χ0n) is 18.0. The van der Waals surface area contributed by atoms with Gasteiger partial charge in [0, 0.05) is 31.6 Å². The lowest BCUT2D eigenvalue weighted by Gasteiger charge is -2.33. The Bertz CT molecular complexity index is 872. The number of likely N-dealkylation sites (tertiary alicyclic amines) is 1. The van der Waals surface area contributed by atoms with Gasteiger partial charge < -0.3 is 15.2 Å². The molecule has 3 unspecified atom stereocenters. The number of rotatable bonds is 8. The Morgan fingerprint density at radius 1 is 1.00 bits per heavy atom. The Kier molecular flexibility index (Phi) is 5.72. The second-order valence-electron chi connectivity index (χ2n) is 9.36. The molecule has 1 amide bonds. The van der Waals surface area contributed by atoms with Crippen molar-refractivity contribution in [3.05, 3.63) is 66.2 Å². The number of aliphatic hydroxyl groups is 1. The molecule has 0 radical (unpaired) electrons. The van der Waals surface area contributed by atoms with Crippen LogP contribution in [-0.2, 0) is 10.4 Å². The molecule has 1 saturated heterocycles. The number of carbonyl (C=O) groups excluding carboxylic acids is 1. The molecule has 0 spiro atoms. The summed E-state index contributed by atoms with van der Waals surface area (Å²) in [5, 5.41) is 14.9. The van der Waals surface area contributed by atoms with Crippen molar-refractivity contribution >= 4 is 5.91 Å². The molecule has 4 atom stereocenters. The highest BCUT2D eigenvalue weighted by Crippen LogP contribution is 2.47. The lowest BCUT2D eigenvalue weighted by Crippen LogP contribution is -2.51. The number of ether oxygens (including phenoxy) is 1. The van der Waals surface area contributed by atoms with Gasteiger partial charge in [-0.1, -0.05) is 61.4 Å². The second-order valence-corrected chi connectivity index (χ2v) is 9.36. The van der Waals surface area contributed by atoms with Crippen LogP contribution in [0.1, 0.15) is 31.2 Å². The highest BCUT2D eigenvalue weighted by Gasteiger charge is 2.58. The van der Waals surface area contributed by atoms with Crippen LogP contribution < -0.4 is 10.1 Å². The largest absolute Gasteiger partial charge is 0.492 e. The van der Waals surface area contributed by atoms with Crippen LogP contribution in [0.5, 0.6) is 5.75 Å². The summed E-state index contributed by atoms with van der Waals surface area (Å²) < 4.78 is 5.82. The summed E-state index contributed by atoms with van der Waals surface area (Å²) >= 11 is 0. The molecular formula is C26H32N2O3. The van der Waals surface area contributed by atoms with E-state index in [-0.39, 0.29) is 17.9 Å². The maximum atomic E-state index is 13.3. The van der Waals surface area contributed by atoms with Crippen LogP contribution in [0.25, 0.3) is 0 Å². The number of nitrogens with zero attached hydrogens (tertiary/aromatic N) is 1. The number of piperidine rings is 1. The van der Waals surface area contributed by atoms with Crippen molar-refractivity contribution in [2.45, 2.75) is 37.3 Å². The average Bonchev–Trinajstić information content (AvgIpc) is 3.22. The van der Waals surface area contributed by atoms with Crippen LogP contribution in [0.4, 0.5) is 0 Å². The Balaban J connectivity index is 1.15. The lowest BCUT2D eigenvalue weighted by atomic mass is 9.79. The molecule has 2 aromatic rings. The number of fused-ring (bicyclic) bond motifs is 1. The average molecular weight is 421 g/mol. The summed E-state index contributed by atoms with van der Waals surface area (Å²) in [4.78, 5) is 15.8. The molecule has 5 nitrogen and oxygen atoms in total. The topological polar surface area (TPSA) is 61.8 Å². The normalized spacial score (nSPS) is 27.5. The van der Waals surface area contributed by atoms with Crippen molar-refractivity contribution in [2.24, 2.45) is 17.8 Å². The third kappa shape index (κ3) is 4.09. The molecule has 3 aliphatic rings. The molecule has 5 rings (SSSR count). The Labute approximate surface area is 184 Å². The van der Waals surface area contributed by atoms with E-state index in [2.05, 4.69) is 10.2 Å². The highest BCUT2D eigenvalue weighted by molar-refractivity contribution is 5.87. The number of hydrogen-bond acceptors (Lipinski definition) is 4. The van der Waals surface area contributed by atoms with E-state index < -0.39 is 5.60 Å². The summed E-state index contributed by atoms with van der Waals surface area (Å²) in [5.41, 5.74) is -0.692. The van der Waals surface area contributed by atoms with Gasteiger partial charge in [0.1, 0.15) is 12.4 Å². The van der Waals surface area contributed by atoms with Gasteiger partial charge in [-0.05, 0) is 42.4 Å². The maximum Gasteiger partial charge on any atom is 0.257 e. The SMILES string of the molecule is O=C(NC1C2CN(CCOc3ccccc3)C[C@@H]21)C(O)(c1ccccc1)C1CCCC1. The van der Waals surface area contributed by atoms with Crippen LogP contribution in [-0.4, -0.2) is 48.2 Å². The second kappa shape index (κ2) is 8.64. The van der Waals surface area contributed by atoms with Crippen molar-refractivity contribution in [3.8, 4) is 5.75 Å². The van der Waals surface area contributed by atoms with E-state index in [4.69, 9.17) is 4.74 Å². The predicted molar refractivity (Wildman–Crippen MR) is 120 cm³/mol. The minimum Gasteiger partial charge on any atom is -0.492 e. The van der Waals surface area contributed by atoms with E-state index in [0.717, 1.165) is 56.6 Å². The molecule has 164 valence electrons. The summed E-state index contributed by atoms with van der Waals surface area (Å²) in [6.45, 7) is 3.55. The number of nitrogens with one attached hydrogen (secondary N) is 1. The maximum absolute atomic E-state index is 13.3. The summed E-state index contributed by atoms with van der Waals surface area (Å²) in [7, 11) is 0. The molecule has 1 aliphatic heterocycles. The Morgan fingerprint density at radius 3 is 2.26 bits per heavy atom. The first-order valence-electron chi connectivity index (χ1n) is 11.7. The van der Waals surface area contributed by atoms with Gasteiger partial charge in [-0.25, -0.2) is 0 Å². The van der Waals surface area contributed by atoms with Gasteiger partial charge in [-0.2, -0.15) is 0 Å². The molecule has 2 saturated carbocycles. The van der Waals surface area contributed by atoms with E-state index in [1.54, 1.807) is 0 Å². The molecule has 31 heavy (non-hydrogen) atoms. The minimum absolute atomic E-state index is 0.000115.